The Labute approximate surface area is 200 Å². The maximum Gasteiger partial charge on any atom is 0.294 e. The Balaban J connectivity index is 1.58. The van der Waals surface area contributed by atoms with Crippen LogP contribution in [0, 0.1) is 0 Å². The summed E-state index contributed by atoms with van der Waals surface area (Å²) in [7, 11) is -9.68. The Hall–Kier alpha value is -3.59. The Bertz CT molecular complexity index is 1580. The third kappa shape index (κ3) is 5.24. The van der Waals surface area contributed by atoms with Gasteiger partial charge >= 0.3 is 0 Å². The minimum atomic E-state index is -4.84. The summed E-state index contributed by atoms with van der Waals surface area (Å²) in [6.45, 7) is 6.14. The Morgan fingerprint density at radius 2 is 1.49 bits per heavy atom. The average Bonchev–Trinajstić information content (AvgIpc) is 3.32. The zero-order valence-electron chi connectivity index (χ0n) is 18.7. The van der Waals surface area contributed by atoms with Crippen molar-refractivity contribution in [2.24, 2.45) is 0 Å². The number of hydrogen-bond donors (Lipinski definition) is 4. The van der Waals surface area contributed by atoms with E-state index >= 15 is 0 Å². The van der Waals surface area contributed by atoms with Crippen molar-refractivity contribution >= 4 is 37.5 Å². The molecule has 0 saturated carbocycles. The number of nitrogens with zero attached hydrogens (tertiary/aromatic N) is 3. The summed E-state index contributed by atoms with van der Waals surface area (Å²) in [5, 5.41) is 11.4. The molecule has 0 aliphatic carbocycles. The van der Waals surface area contributed by atoms with E-state index in [-0.39, 0.29) is 5.41 Å². The lowest BCUT2D eigenvalue weighted by Gasteiger charge is -2.13. The van der Waals surface area contributed by atoms with Gasteiger partial charge in [0.05, 0.1) is 15.5 Å². The van der Waals surface area contributed by atoms with Gasteiger partial charge in [0.15, 0.2) is 11.5 Å². The van der Waals surface area contributed by atoms with Crippen molar-refractivity contribution < 1.29 is 30.7 Å². The van der Waals surface area contributed by atoms with Crippen LogP contribution in [0.4, 0.5) is 5.69 Å². The highest BCUT2D eigenvalue weighted by molar-refractivity contribution is 7.86. The number of aromatic amines is 1. The van der Waals surface area contributed by atoms with Gasteiger partial charge in [-0.1, -0.05) is 20.8 Å². The standard InChI is InChI=1S/C21H21N5O7S2/c1-21(2,3)17-11-18-23-19(25-26(18)24-17)12-4-6-14(7-5-12)22-20(27)13-8-15(34(28,29)30)10-16(9-13)35(31,32)33/h4-11H,1-3H3,(H,22,27)(H,23,25)(H,28,29,30)(H,31,32,33). The molecule has 0 spiro atoms. The van der Waals surface area contributed by atoms with E-state index in [1.807, 2.05) is 26.8 Å². The fourth-order valence-corrected chi connectivity index (χ4v) is 4.37. The minimum absolute atomic E-state index is 0.127. The molecule has 0 aliphatic rings. The first kappa shape index (κ1) is 24.5. The predicted molar refractivity (Wildman–Crippen MR) is 125 cm³/mol. The lowest BCUT2D eigenvalue weighted by atomic mass is 9.93. The molecule has 14 heteroatoms. The number of hydrogen-bond acceptors (Lipinski definition) is 7. The summed E-state index contributed by atoms with van der Waals surface area (Å²) in [6, 6.07) is 10.5. The Kier molecular flexibility index (Phi) is 5.79. The number of amides is 1. The zero-order valence-corrected chi connectivity index (χ0v) is 20.3. The number of benzene rings is 2. The first-order valence-corrected chi connectivity index (χ1v) is 13.0. The van der Waals surface area contributed by atoms with Gasteiger partial charge in [-0.2, -0.15) is 21.9 Å². The molecule has 2 heterocycles. The normalized spacial score (nSPS) is 12.7. The molecule has 35 heavy (non-hydrogen) atoms. The number of fused-ring (bicyclic) bond motifs is 1. The van der Waals surface area contributed by atoms with Crippen molar-refractivity contribution in [2.45, 2.75) is 36.0 Å². The molecule has 2 aromatic carbocycles. The molecule has 0 radical (unpaired) electrons. The number of rotatable bonds is 5. The fraction of sp³-hybridized carbons (Fsp3) is 0.190. The number of nitrogens with one attached hydrogen (secondary N) is 2. The van der Waals surface area contributed by atoms with E-state index in [1.54, 1.807) is 24.3 Å². The van der Waals surface area contributed by atoms with Gasteiger partial charge in [-0.15, -0.1) is 9.73 Å². The molecule has 0 bridgehead atoms. The van der Waals surface area contributed by atoms with E-state index in [4.69, 9.17) is 0 Å². The van der Waals surface area contributed by atoms with Crippen LogP contribution in [-0.4, -0.2) is 51.7 Å². The molecule has 1 amide bonds. The summed E-state index contributed by atoms with van der Waals surface area (Å²) < 4.78 is 65.9. The highest BCUT2D eigenvalue weighted by Crippen LogP contribution is 2.25. The molecular weight excluding hydrogens is 498 g/mol. The number of aromatic nitrogens is 4. The number of H-pyrrole nitrogens is 1. The van der Waals surface area contributed by atoms with Gasteiger partial charge in [0, 0.05) is 28.3 Å². The van der Waals surface area contributed by atoms with E-state index in [2.05, 4.69) is 20.5 Å². The topological polar surface area (TPSA) is 184 Å². The molecule has 12 nitrogen and oxygen atoms in total. The van der Waals surface area contributed by atoms with Gasteiger partial charge in [0.1, 0.15) is 0 Å². The summed E-state index contributed by atoms with van der Waals surface area (Å²) in [5.74, 6) is -0.316. The van der Waals surface area contributed by atoms with E-state index in [9.17, 15) is 30.7 Å². The smallest absolute Gasteiger partial charge is 0.294 e. The largest absolute Gasteiger partial charge is 0.322 e. The van der Waals surface area contributed by atoms with Gasteiger partial charge in [0.25, 0.3) is 26.1 Å². The lowest BCUT2D eigenvalue weighted by Crippen LogP contribution is -2.14. The first-order chi connectivity index (χ1) is 16.1. The van der Waals surface area contributed by atoms with Crippen molar-refractivity contribution in [1.82, 2.24) is 19.8 Å². The van der Waals surface area contributed by atoms with E-state index < -0.39 is 41.5 Å². The van der Waals surface area contributed by atoms with Crippen molar-refractivity contribution in [3.63, 3.8) is 0 Å². The molecule has 184 valence electrons. The van der Waals surface area contributed by atoms with Gasteiger partial charge < -0.3 is 10.3 Å². The lowest BCUT2D eigenvalue weighted by molar-refractivity contribution is 0.102. The predicted octanol–water partition coefficient (Wildman–Crippen LogP) is 2.77. The Morgan fingerprint density at radius 1 is 0.914 bits per heavy atom. The highest BCUT2D eigenvalue weighted by atomic mass is 32.2. The molecule has 2 aromatic heterocycles. The van der Waals surface area contributed by atoms with Crippen molar-refractivity contribution in [3.05, 3.63) is 59.8 Å². The Morgan fingerprint density at radius 3 is 1.97 bits per heavy atom. The second-order valence-electron chi connectivity index (χ2n) is 8.80. The zero-order chi connectivity index (χ0) is 25.8. The van der Waals surface area contributed by atoms with Gasteiger partial charge in [-0.3, -0.25) is 13.9 Å². The van der Waals surface area contributed by atoms with E-state index in [1.165, 1.54) is 4.63 Å². The van der Waals surface area contributed by atoms with Gasteiger partial charge in [0.2, 0.25) is 0 Å². The summed E-state index contributed by atoms with van der Waals surface area (Å²) in [4.78, 5) is 14.1. The molecule has 4 N–H and O–H groups in total. The van der Waals surface area contributed by atoms with E-state index in [0.29, 0.717) is 23.1 Å². The molecular formula is C21H21N5O7S2. The van der Waals surface area contributed by atoms with Crippen molar-refractivity contribution in [3.8, 4) is 11.4 Å². The van der Waals surface area contributed by atoms with Gasteiger partial charge in [-0.25, -0.2) is 0 Å². The highest BCUT2D eigenvalue weighted by Gasteiger charge is 2.21. The van der Waals surface area contributed by atoms with Crippen LogP contribution in [0.3, 0.4) is 0 Å². The van der Waals surface area contributed by atoms with Crippen LogP contribution >= 0.6 is 0 Å². The van der Waals surface area contributed by atoms with Gasteiger partial charge in [-0.05, 0) is 42.5 Å². The minimum Gasteiger partial charge on any atom is -0.322 e. The quantitative estimate of drug-likeness (QED) is 0.288. The molecule has 0 aliphatic heterocycles. The molecule has 4 rings (SSSR count). The second kappa shape index (κ2) is 8.27. The van der Waals surface area contributed by atoms with E-state index in [0.717, 1.165) is 23.5 Å². The monoisotopic (exact) mass is 519 g/mol. The summed E-state index contributed by atoms with van der Waals surface area (Å²) in [5.41, 5.74) is 2.09. The van der Waals surface area contributed by atoms with Crippen LogP contribution in [-0.2, 0) is 25.7 Å². The number of anilines is 1. The maximum absolute atomic E-state index is 12.6. The summed E-state index contributed by atoms with van der Waals surface area (Å²) in [6.07, 6.45) is 0. The van der Waals surface area contributed by atoms with Crippen LogP contribution in [0.15, 0.2) is 58.3 Å². The van der Waals surface area contributed by atoms with Crippen molar-refractivity contribution in [1.29, 1.82) is 0 Å². The molecule has 0 unspecified atom stereocenters. The summed E-state index contributed by atoms with van der Waals surface area (Å²) >= 11 is 0. The fourth-order valence-electron chi connectivity index (χ4n) is 3.19. The third-order valence-corrected chi connectivity index (χ3v) is 6.72. The third-order valence-electron chi connectivity index (χ3n) is 5.06. The second-order valence-corrected chi connectivity index (χ2v) is 11.6. The molecule has 4 aromatic rings. The van der Waals surface area contributed by atoms with Crippen LogP contribution in [0.1, 0.15) is 36.8 Å². The number of carbonyl (C=O) groups is 1. The van der Waals surface area contributed by atoms with Crippen LogP contribution in [0.5, 0.6) is 0 Å². The van der Waals surface area contributed by atoms with Crippen LogP contribution < -0.4 is 5.32 Å². The maximum atomic E-state index is 12.6. The first-order valence-electron chi connectivity index (χ1n) is 10.1. The molecule has 0 saturated heterocycles. The molecule has 0 fully saturated rings. The number of carbonyl (C=O) groups excluding carboxylic acids is 1. The van der Waals surface area contributed by atoms with Crippen LogP contribution in [0.2, 0.25) is 0 Å². The SMILES string of the molecule is CC(C)(C)c1cc2[nH]c(-c3ccc(NC(=O)c4cc(S(=O)(=O)O)cc(S(=O)(=O)O)c4)cc3)nn2n1. The van der Waals surface area contributed by atoms with Crippen molar-refractivity contribution in [2.75, 3.05) is 5.32 Å². The average molecular weight is 520 g/mol. The van der Waals surface area contributed by atoms with Crippen LogP contribution in [0.25, 0.3) is 17.0 Å². The molecule has 0 atom stereocenters.